The molecule has 1 unspecified atom stereocenters. The lowest BCUT2D eigenvalue weighted by Crippen LogP contribution is -2.40. The second-order valence-electron chi connectivity index (χ2n) is 5.25. The van der Waals surface area contributed by atoms with Gasteiger partial charge in [-0.3, -0.25) is 4.79 Å². The third-order valence-electron chi connectivity index (χ3n) is 3.90. The molecule has 114 valence electrons. The summed E-state index contributed by atoms with van der Waals surface area (Å²) in [5.74, 6) is -0.411. The molecule has 2 heterocycles. The van der Waals surface area contributed by atoms with E-state index in [2.05, 4.69) is 0 Å². The Labute approximate surface area is 133 Å². The highest BCUT2D eigenvalue weighted by atomic mass is 32.1. The predicted octanol–water partition coefficient (Wildman–Crippen LogP) is 3.19. The molecule has 0 N–H and O–H groups in total. The molecule has 0 saturated carbocycles. The second-order valence-corrected chi connectivity index (χ2v) is 6.16. The monoisotopic (exact) mass is 315 g/mol. The number of carbonyl (C=O) groups excluding carboxylic acids is 2. The highest BCUT2D eigenvalue weighted by Crippen LogP contribution is 2.28. The summed E-state index contributed by atoms with van der Waals surface area (Å²) in [6.07, 6.45) is 1.51. The third-order valence-corrected chi connectivity index (χ3v) is 4.82. The molecule has 1 saturated heterocycles. The maximum absolute atomic E-state index is 12.7. The van der Waals surface area contributed by atoms with E-state index in [-0.39, 0.29) is 11.9 Å². The first-order valence-corrected chi connectivity index (χ1v) is 8.11. The average Bonchev–Trinajstić information content (AvgIpc) is 3.23. The lowest BCUT2D eigenvalue weighted by atomic mass is 10.1. The number of amides is 1. The van der Waals surface area contributed by atoms with Crippen molar-refractivity contribution in [1.82, 2.24) is 4.90 Å². The van der Waals surface area contributed by atoms with Gasteiger partial charge in [0.25, 0.3) is 5.91 Å². The fraction of sp³-hybridized carbons (Fsp3) is 0.294. The number of benzene rings is 1. The second kappa shape index (κ2) is 6.32. The first-order valence-electron chi connectivity index (χ1n) is 7.23. The Morgan fingerprint density at radius 1 is 1.23 bits per heavy atom. The molecule has 1 amide bonds. The van der Waals surface area contributed by atoms with Crippen LogP contribution in [0.1, 0.15) is 22.5 Å². The van der Waals surface area contributed by atoms with E-state index in [9.17, 15) is 9.59 Å². The molecule has 22 heavy (non-hydrogen) atoms. The Morgan fingerprint density at radius 2 is 2.00 bits per heavy atom. The van der Waals surface area contributed by atoms with Gasteiger partial charge < -0.3 is 9.64 Å². The quantitative estimate of drug-likeness (QED) is 0.817. The van der Waals surface area contributed by atoms with Gasteiger partial charge in [-0.05, 0) is 35.4 Å². The highest BCUT2D eigenvalue weighted by Gasteiger charge is 2.35. The summed E-state index contributed by atoms with van der Waals surface area (Å²) in [5.41, 5.74) is 2.12. The van der Waals surface area contributed by atoms with Gasteiger partial charge in [0.1, 0.15) is 6.04 Å². The fourth-order valence-corrected chi connectivity index (χ4v) is 3.63. The van der Waals surface area contributed by atoms with Gasteiger partial charge in [0.2, 0.25) is 0 Å². The van der Waals surface area contributed by atoms with Gasteiger partial charge in [-0.25, -0.2) is 4.79 Å². The number of esters is 1. The normalized spacial score (nSPS) is 17.5. The van der Waals surface area contributed by atoms with Crippen molar-refractivity contribution in [3.05, 3.63) is 46.7 Å². The molecule has 4 nitrogen and oxygen atoms in total. The molecule has 1 aliphatic rings. The first-order chi connectivity index (χ1) is 10.7. The minimum absolute atomic E-state index is 0.0833. The van der Waals surface area contributed by atoms with Crippen LogP contribution in [-0.4, -0.2) is 36.5 Å². The molecule has 3 rings (SSSR count). The van der Waals surface area contributed by atoms with E-state index in [1.807, 2.05) is 41.8 Å². The average molecular weight is 315 g/mol. The van der Waals surface area contributed by atoms with Crippen LogP contribution < -0.4 is 0 Å². The number of thiophene rings is 1. The Morgan fingerprint density at radius 3 is 2.73 bits per heavy atom. The van der Waals surface area contributed by atoms with Crippen LogP contribution in [0.3, 0.4) is 0 Å². The third kappa shape index (κ3) is 2.76. The van der Waals surface area contributed by atoms with Crippen LogP contribution in [0.5, 0.6) is 0 Å². The zero-order valence-corrected chi connectivity index (χ0v) is 13.1. The van der Waals surface area contributed by atoms with E-state index >= 15 is 0 Å². The summed E-state index contributed by atoms with van der Waals surface area (Å²) in [7, 11) is 1.36. The number of carbonyl (C=O) groups is 2. The van der Waals surface area contributed by atoms with Crippen molar-refractivity contribution in [2.75, 3.05) is 13.7 Å². The van der Waals surface area contributed by atoms with E-state index in [0.29, 0.717) is 17.8 Å². The van der Waals surface area contributed by atoms with Crippen LogP contribution in [0.15, 0.2) is 41.8 Å². The number of methoxy groups -OCH3 is 1. The minimum atomic E-state index is -0.445. The van der Waals surface area contributed by atoms with Crippen molar-refractivity contribution in [3.63, 3.8) is 0 Å². The molecular formula is C17H17NO3S. The fourth-order valence-electron chi connectivity index (χ4n) is 2.76. The van der Waals surface area contributed by atoms with E-state index < -0.39 is 6.04 Å². The van der Waals surface area contributed by atoms with Crippen molar-refractivity contribution in [2.24, 2.45) is 0 Å². The Bertz CT molecular complexity index is 680. The van der Waals surface area contributed by atoms with Crippen LogP contribution in [0.25, 0.3) is 11.1 Å². The van der Waals surface area contributed by atoms with Crippen LogP contribution in [0.4, 0.5) is 0 Å². The maximum atomic E-state index is 12.7. The lowest BCUT2D eigenvalue weighted by Gasteiger charge is -2.21. The van der Waals surface area contributed by atoms with Gasteiger partial charge in [-0.2, -0.15) is 0 Å². The lowest BCUT2D eigenvalue weighted by molar-refractivity contribution is -0.145. The number of hydrogen-bond acceptors (Lipinski definition) is 4. The number of likely N-dealkylation sites (tertiary alicyclic amines) is 1. The molecule has 0 radical (unpaired) electrons. The Balaban J connectivity index is 1.81. The summed E-state index contributed by atoms with van der Waals surface area (Å²) in [6, 6.07) is 11.4. The highest BCUT2D eigenvalue weighted by molar-refractivity contribution is 7.12. The van der Waals surface area contributed by atoms with Crippen LogP contribution in [0.2, 0.25) is 0 Å². The molecule has 0 bridgehead atoms. The number of rotatable bonds is 3. The minimum Gasteiger partial charge on any atom is -0.467 e. The summed E-state index contributed by atoms with van der Waals surface area (Å²) in [6.45, 7) is 0.608. The molecular weight excluding hydrogens is 298 g/mol. The number of nitrogens with zero attached hydrogens (tertiary/aromatic N) is 1. The van der Waals surface area contributed by atoms with E-state index in [1.165, 1.54) is 18.4 Å². The van der Waals surface area contributed by atoms with Gasteiger partial charge in [-0.15, -0.1) is 11.3 Å². The molecule has 1 aromatic heterocycles. The summed E-state index contributed by atoms with van der Waals surface area (Å²) in [5, 5.41) is 1.98. The molecule has 5 heteroatoms. The van der Waals surface area contributed by atoms with Gasteiger partial charge in [0, 0.05) is 6.54 Å². The van der Waals surface area contributed by atoms with E-state index in [1.54, 1.807) is 4.90 Å². The van der Waals surface area contributed by atoms with Gasteiger partial charge in [-0.1, -0.05) is 30.3 Å². The van der Waals surface area contributed by atoms with E-state index in [0.717, 1.165) is 17.5 Å². The largest absolute Gasteiger partial charge is 0.467 e. The Hall–Kier alpha value is -2.14. The maximum Gasteiger partial charge on any atom is 0.328 e. The van der Waals surface area contributed by atoms with Crippen molar-refractivity contribution < 1.29 is 14.3 Å². The standard InChI is InChI=1S/C17H17NO3S/c1-21-17(20)14-8-5-9-18(14)16(19)15-10-13(11-22-15)12-6-3-2-4-7-12/h2-4,6-7,10-11,14H,5,8-9H2,1H3. The van der Waals surface area contributed by atoms with Crippen LogP contribution in [0, 0.1) is 0 Å². The zero-order chi connectivity index (χ0) is 15.5. The number of ether oxygens (including phenoxy) is 1. The number of hydrogen-bond donors (Lipinski definition) is 0. The van der Waals surface area contributed by atoms with Gasteiger partial charge in [0.15, 0.2) is 0 Å². The van der Waals surface area contributed by atoms with Crippen molar-refractivity contribution in [1.29, 1.82) is 0 Å². The molecule has 2 aromatic rings. The first kappa shape index (κ1) is 14.8. The molecule has 0 spiro atoms. The topological polar surface area (TPSA) is 46.6 Å². The van der Waals surface area contributed by atoms with Crippen LogP contribution >= 0.6 is 11.3 Å². The van der Waals surface area contributed by atoms with Crippen LogP contribution in [-0.2, 0) is 9.53 Å². The molecule has 0 aliphatic carbocycles. The van der Waals surface area contributed by atoms with Crippen molar-refractivity contribution in [2.45, 2.75) is 18.9 Å². The SMILES string of the molecule is COC(=O)C1CCCN1C(=O)c1cc(-c2ccccc2)cs1. The molecule has 1 aromatic carbocycles. The smallest absolute Gasteiger partial charge is 0.328 e. The summed E-state index contributed by atoms with van der Waals surface area (Å²) >= 11 is 1.42. The van der Waals surface area contributed by atoms with E-state index in [4.69, 9.17) is 4.74 Å². The predicted molar refractivity (Wildman–Crippen MR) is 85.8 cm³/mol. The summed E-state index contributed by atoms with van der Waals surface area (Å²) in [4.78, 5) is 26.7. The molecule has 1 atom stereocenters. The molecule has 1 fully saturated rings. The molecule has 1 aliphatic heterocycles. The van der Waals surface area contributed by atoms with Gasteiger partial charge >= 0.3 is 5.97 Å². The van der Waals surface area contributed by atoms with Crippen molar-refractivity contribution >= 4 is 23.2 Å². The summed E-state index contributed by atoms with van der Waals surface area (Å²) < 4.78 is 4.80. The van der Waals surface area contributed by atoms with Gasteiger partial charge in [0.05, 0.1) is 12.0 Å². The zero-order valence-electron chi connectivity index (χ0n) is 12.3. The van der Waals surface area contributed by atoms with Crippen molar-refractivity contribution in [3.8, 4) is 11.1 Å². The Kier molecular flexibility index (Phi) is 4.24.